The van der Waals surface area contributed by atoms with E-state index in [0.717, 1.165) is 16.8 Å². The van der Waals surface area contributed by atoms with E-state index in [1.807, 2.05) is 36.4 Å². The lowest BCUT2D eigenvalue weighted by atomic mass is 10.1. The number of urea groups is 1. The first-order valence-electron chi connectivity index (χ1n) is 9.08. The van der Waals surface area contributed by atoms with Gasteiger partial charge in [0, 0.05) is 17.7 Å². The average molecular weight is 386 g/mol. The van der Waals surface area contributed by atoms with Crippen LogP contribution in [0.2, 0.25) is 0 Å². The van der Waals surface area contributed by atoms with E-state index in [-0.39, 0.29) is 11.9 Å². The Morgan fingerprint density at radius 2 is 1.86 bits per heavy atom. The molecule has 1 aliphatic rings. The smallest absolute Gasteiger partial charge is 0.318 e. The number of nitrogens with one attached hydrogen (secondary N) is 3. The van der Waals surface area contributed by atoms with Crippen LogP contribution in [0.4, 0.5) is 10.6 Å². The van der Waals surface area contributed by atoms with Crippen LogP contribution in [0.3, 0.4) is 0 Å². The Balaban J connectivity index is 1.38. The number of carbonyl (C=O) groups excluding carboxylic acids is 2. The summed E-state index contributed by atoms with van der Waals surface area (Å²) in [5.41, 5.74) is 3.53. The highest BCUT2D eigenvalue weighted by molar-refractivity contribution is 6.04. The van der Waals surface area contributed by atoms with Crippen molar-refractivity contribution >= 4 is 17.8 Å². The zero-order valence-corrected chi connectivity index (χ0v) is 15.5. The van der Waals surface area contributed by atoms with Crippen LogP contribution in [0.1, 0.15) is 32.7 Å². The van der Waals surface area contributed by atoms with Gasteiger partial charge in [-0.1, -0.05) is 30.3 Å². The van der Waals surface area contributed by atoms with Crippen molar-refractivity contribution in [2.24, 2.45) is 0 Å². The maximum atomic E-state index is 12.5. The number of fused-ring (bicyclic) bond motifs is 1. The molecule has 0 saturated heterocycles. The molecule has 0 radical (unpaired) electrons. The fourth-order valence-electron chi connectivity index (χ4n) is 3.15. The number of nitriles is 1. The molecule has 144 valence electrons. The van der Waals surface area contributed by atoms with Crippen molar-refractivity contribution in [1.29, 1.82) is 5.26 Å². The highest BCUT2D eigenvalue weighted by Gasteiger charge is 2.28. The van der Waals surface area contributed by atoms with Crippen LogP contribution in [0.5, 0.6) is 0 Å². The van der Waals surface area contributed by atoms with Gasteiger partial charge < -0.3 is 15.5 Å². The summed E-state index contributed by atoms with van der Waals surface area (Å²) in [7, 11) is 0. The van der Waals surface area contributed by atoms with E-state index in [4.69, 9.17) is 5.26 Å². The van der Waals surface area contributed by atoms with Crippen molar-refractivity contribution < 1.29 is 9.59 Å². The van der Waals surface area contributed by atoms with E-state index < -0.39 is 0 Å². The lowest BCUT2D eigenvalue weighted by Crippen LogP contribution is -2.36. The van der Waals surface area contributed by atoms with Crippen LogP contribution in [-0.4, -0.2) is 27.0 Å². The molecule has 2 heterocycles. The largest absolute Gasteiger partial charge is 0.334 e. The molecule has 0 aliphatic carbocycles. The first kappa shape index (κ1) is 18.3. The average Bonchev–Trinajstić information content (AvgIpc) is 3.35. The summed E-state index contributed by atoms with van der Waals surface area (Å²) in [4.78, 5) is 26.6. The molecule has 1 aromatic heterocycles. The molecule has 1 aliphatic heterocycles. The molecule has 3 amide bonds. The van der Waals surface area contributed by atoms with Crippen LogP contribution in [0.25, 0.3) is 0 Å². The zero-order valence-electron chi connectivity index (χ0n) is 15.5. The normalized spacial score (nSPS) is 12.2. The third kappa shape index (κ3) is 3.94. The third-order valence-corrected chi connectivity index (χ3v) is 4.73. The Bertz CT molecular complexity index is 1080. The van der Waals surface area contributed by atoms with Crippen molar-refractivity contribution in [2.45, 2.75) is 19.6 Å². The van der Waals surface area contributed by atoms with Crippen LogP contribution < -0.4 is 10.6 Å². The van der Waals surface area contributed by atoms with Crippen molar-refractivity contribution in [1.82, 2.24) is 20.4 Å². The molecule has 29 heavy (non-hydrogen) atoms. The number of rotatable bonds is 4. The second-order valence-electron chi connectivity index (χ2n) is 6.67. The van der Waals surface area contributed by atoms with E-state index in [1.165, 1.54) is 0 Å². The molecule has 8 nitrogen and oxygen atoms in total. The van der Waals surface area contributed by atoms with Gasteiger partial charge in [-0.2, -0.15) is 10.4 Å². The summed E-state index contributed by atoms with van der Waals surface area (Å²) in [6.45, 7) is 1.20. The zero-order chi connectivity index (χ0) is 20.2. The molecular weight excluding hydrogens is 368 g/mol. The van der Waals surface area contributed by atoms with E-state index in [1.54, 1.807) is 29.2 Å². The first-order chi connectivity index (χ1) is 14.1. The fourth-order valence-corrected chi connectivity index (χ4v) is 3.15. The minimum absolute atomic E-state index is 0.178. The Labute approximate surface area is 167 Å². The van der Waals surface area contributed by atoms with Crippen LogP contribution >= 0.6 is 0 Å². The Morgan fingerprint density at radius 1 is 1.10 bits per heavy atom. The van der Waals surface area contributed by atoms with Gasteiger partial charge in [-0.05, 0) is 29.8 Å². The lowest BCUT2D eigenvalue weighted by Gasteiger charge is -2.17. The SMILES string of the molecule is N#Cc1ccc(C(=O)Nc2n[nH]c3c2CN(C(=O)NCc2ccccc2)C3)cc1. The molecular formula is C21H18N6O2. The number of H-pyrrole nitrogens is 1. The van der Waals surface area contributed by atoms with Crippen LogP contribution in [0.15, 0.2) is 54.6 Å². The molecule has 0 unspecified atom stereocenters. The standard InChI is InChI=1S/C21H18N6O2/c22-10-14-6-8-16(9-7-14)20(28)24-19-17-12-27(13-18(17)25-26-19)21(29)23-11-15-4-2-1-3-5-15/h1-9H,11-13H2,(H,23,29)(H2,24,25,26,28). The quantitative estimate of drug-likeness (QED) is 0.640. The number of hydrogen-bond acceptors (Lipinski definition) is 4. The van der Waals surface area contributed by atoms with Gasteiger partial charge in [-0.25, -0.2) is 4.79 Å². The number of aromatic amines is 1. The lowest BCUT2D eigenvalue weighted by molar-refractivity contribution is 0.102. The van der Waals surface area contributed by atoms with Gasteiger partial charge in [0.05, 0.1) is 30.4 Å². The summed E-state index contributed by atoms with van der Waals surface area (Å²) in [6, 6.07) is 17.9. The number of nitrogens with zero attached hydrogens (tertiary/aromatic N) is 3. The van der Waals surface area contributed by atoms with Crippen molar-refractivity contribution in [3.63, 3.8) is 0 Å². The molecule has 0 atom stereocenters. The predicted octanol–water partition coefficient (Wildman–Crippen LogP) is 2.76. The molecule has 4 rings (SSSR count). The maximum absolute atomic E-state index is 12.5. The number of amides is 3. The third-order valence-electron chi connectivity index (χ3n) is 4.73. The van der Waals surface area contributed by atoms with E-state index >= 15 is 0 Å². The Hall–Kier alpha value is -4.12. The molecule has 0 saturated carbocycles. The van der Waals surface area contributed by atoms with Gasteiger partial charge in [-0.3, -0.25) is 9.89 Å². The van der Waals surface area contributed by atoms with E-state index in [9.17, 15) is 9.59 Å². The van der Waals surface area contributed by atoms with Gasteiger partial charge >= 0.3 is 6.03 Å². The number of carbonyl (C=O) groups is 2. The highest BCUT2D eigenvalue weighted by atomic mass is 16.2. The van der Waals surface area contributed by atoms with Crippen molar-refractivity contribution in [2.75, 3.05) is 5.32 Å². The minimum Gasteiger partial charge on any atom is -0.334 e. The van der Waals surface area contributed by atoms with Gasteiger partial charge in [0.15, 0.2) is 5.82 Å². The number of aromatic nitrogens is 2. The summed E-state index contributed by atoms with van der Waals surface area (Å²) in [5, 5.41) is 21.6. The topological polar surface area (TPSA) is 114 Å². The van der Waals surface area contributed by atoms with Crippen LogP contribution in [0, 0.1) is 11.3 Å². The predicted molar refractivity (Wildman–Crippen MR) is 106 cm³/mol. The summed E-state index contributed by atoms with van der Waals surface area (Å²) in [5.74, 6) is 0.0866. The Morgan fingerprint density at radius 3 is 2.59 bits per heavy atom. The molecule has 3 aromatic rings. The van der Waals surface area contributed by atoms with Crippen molar-refractivity contribution in [3.05, 3.63) is 82.5 Å². The summed E-state index contributed by atoms with van der Waals surface area (Å²) in [6.07, 6.45) is 0. The minimum atomic E-state index is -0.323. The van der Waals surface area contributed by atoms with Gasteiger partial charge in [-0.15, -0.1) is 0 Å². The molecule has 8 heteroatoms. The Kier molecular flexibility index (Phi) is 4.95. The second kappa shape index (κ2) is 7.86. The number of anilines is 1. The summed E-state index contributed by atoms with van der Waals surface area (Å²) < 4.78 is 0. The number of hydrogen-bond donors (Lipinski definition) is 3. The van der Waals surface area contributed by atoms with Crippen LogP contribution in [-0.2, 0) is 19.6 Å². The highest BCUT2D eigenvalue weighted by Crippen LogP contribution is 2.27. The monoisotopic (exact) mass is 386 g/mol. The van der Waals surface area contributed by atoms with Gasteiger partial charge in [0.2, 0.25) is 0 Å². The second-order valence-corrected chi connectivity index (χ2v) is 6.67. The van der Waals surface area contributed by atoms with Gasteiger partial charge in [0.25, 0.3) is 5.91 Å². The molecule has 0 bridgehead atoms. The fraction of sp³-hybridized carbons (Fsp3) is 0.143. The molecule has 3 N–H and O–H groups in total. The van der Waals surface area contributed by atoms with E-state index in [2.05, 4.69) is 20.8 Å². The maximum Gasteiger partial charge on any atom is 0.318 e. The molecule has 0 fully saturated rings. The first-order valence-corrected chi connectivity index (χ1v) is 9.08. The molecule has 0 spiro atoms. The van der Waals surface area contributed by atoms with Gasteiger partial charge in [0.1, 0.15) is 0 Å². The van der Waals surface area contributed by atoms with Crippen molar-refractivity contribution in [3.8, 4) is 6.07 Å². The van der Waals surface area contributed by atoms with E-state index in [0.29, 0.717) is 36.6 Å². The molecule has 2 aromatic carbocycles. The summed E-state index contributed by atoms with van der Waals surface area (Å²) >= 11 is 0. The number of benzene rings is 2.